The van der Waals surface area contributed by atoms with Crippen molar-refractivity contribution < 1.29 is 5.11 Å². The van der Waals surface area contributed by atoms with Gasteiger partial charge in [-0.1, -0.05) is 53.4 Å². The Morgan fingerprint density at radius 1 is 0.800 bits per heavy atom. The average Bonchev–Trinajstić information content (AvgIpc) is 2.13. The minimum Gasteiger partial charge on any atom is -0.393 e. The number of hydrogen-bond acceptors (Lipinski definition) is 1. The molecule has 0 saturated carbocycles. The molecular formula is C14H30O. The maximum Gasteiger partial charge on any atom is 0.0537 e. The Kier molecular flexibility index (Phi) is 8.13. The molecule has 0 aromatic heterocycles. The SMILES string of the molecule is CC(C)CCCC(C)CCC(C)C(C)O. The molecule has 0 aromatic carbocycles. The molecule has 92 valence electrons. The van der Waals surface area contributed by atoms with Crippen molar-refractivity contribution >= 4 is 0 Å². The summed E-state index contributed by atoms with van der Waals surface area (Å²) in [6.07, 6.45) is 6.36. The molecule has 15 heavy (non-hydrogen) atoms. The van der Waals surface area contributed by atoms with Crippen LogP contribution in [0.3, 0.4) is 0 Å². The zero-order chi connectivity index (χ0) is 11.8. The van der Waals surface area contributed by atoms with E-state index in [1.165, 1.54) is 32.1 Å². The fraction of sp³-hybridized carbons (Fsp3) is 1.00. The number of rotatable bonds is 8. The Morgan fingerprint density at radius 2 is 1.40 bits per heavy atom. The van der Waals surface area contributed by atoms with E-state index in [0.29, 0.717) is 5.92 Å². The monoisotopic (exact) mass is 214 g/mol. The van der Waals surface area contributed by atoms with Gasteiger partial charge in [0.25, 0.3) is 0 Å². The van der Waals surface area contributed by atoms with Crippen molar-refractivity contribution in [3.8, 4) is 0 Å². The first-order valence-corrected chi connectivity index (χ1v) is 6.61. The minimum absolute atomic E-state index is 0.145. The molecule has 1 heteroatoms. The summed E-state index contributed by atoms with van der Waals surface area (Å²) < 4.78 is 0. The fourth-order valence-electron chi connectivity index (χ4n) is 1.81. The molecule has 0 amide bonds. The smallest absolute Gasteiger partial charge is 0.0537 e. The van der Waals surface area contributed by atoms with Crippen molar-refractivity contribution in [2.75, 3.05) is 0 Å². The topological polar surface area (TPSA) is 20.2 Å². The van der Waals surface area contributed by atoms with E-state index in [0.717, 1.165) is 11.8 Å². The molecule has 1 nitrogen and oxygen atoms in total. The first kappa shape index (κ1) is 15.0. The maximum atomic E-state index is 9.38. The van der Waals surface area contributed by atoms with Crippen LogP contribution in [0.4, 0.5) is 0 Å². The Morgan fingerprint density at radius 3 is 1.87 bits per heavy atom. The Hall–Kier alpha value is -0.0400. The molecule has 0 bridgehead atoms. The molecule has 0 rings (SSSR count). The summed E-state index contributed by atoms with van der Waals surface area (Å²) in [6.45, 7) is 11.0. The van der Waals surface area contributed by atoms with Gasteiger partial charge in [0.1, 0.15) is 0 Å². The second-order valence-electron chi connectivity index (χ2n) is 5.73. The van der Waals surface area contributed by atoms with Gasteiger partial charge >= 0.3 is 0 Å². The lowest BCUT2D eigenvalue weighted by atomic mass is 9.91. The molecule has 3 unspecified atom stereocenters. The summed E-state index contributed by atoms with van der Waals surface area (Å²) in [6, 6.07) is 0. The Balaban J connectivity index is 3.44. The van der Waals surface area contributed by atoms with Crippen molar-refractivity contribution in [3.05, 3.63) is 0 Å². The van der Waals surface area contributed by atoms with Gasteiger partial charge in [-0.2, -0.15) is 0 Å². The third-order valence-electron chi connectivity index (χ3n) is 3.42. The first-order valence-electron chi connectivity index (χ1n) is 6.61. The van der Waals surface area contributed by atoms with Gasteiger partial charge in [-0.05, 0) is 31.1 Å². The summed E-state index contributed by atoms with van der Waals surface area (Å²) >= 11 is 0. The van der Waals surface area contributed by atoms with E-state index < -0.39 is 0 Å². The van der Waals surface area contributed by atoms with Crippen LogP contribution in [0, 0.1) is 17.8 Å². The van der Waals surface area contributed by atoms with E-state index in [1.807, 2.05) is 6.92 Å². The van der Waals surface area contributed by atoms with E-state index in [1.54, 1.807) is 0 Å². The Labute approximate surface area is 96.3 Å². The van der Waals surface area contributed by atoms with Crippen LogP contribution < -0.4 is 0 Å². The quantitative estimate of drug-likeness (QED) is 0.640. The Bertz CT molecular complexity index is 140. The van der Waals surface area contributed by atoms with Gasteiger partial charge in [-0.3, -0.25) is 0 Å². The highest BCUT2D eigenvalue weighted by Crippen LogP contribution is 2.20. The van der Waals surface area contributed by atoms with Gasteiger partial charge in [0, 0.05) is 0 Å². The molecule has 0 spiro atoms. The van der Waals surface area contributed by atoms with Crippen molar-refractivity contribution in [2.24, 2.45) is 17.8 Å². The summed E-state index contributed by atoms with van der Waals surface area (Å²) in [5.74, 6) is 2.12. The van der Waals surface area contributed by atoms with Crippen LogP contribution in [-0.4, -0.2) is 11.2 Å². The van der Waals surface area contributed by atoms with Gasteiger partial charge < -0.3 is 5.11 Å². The first-order chi connectivity index (χ1) is 6.93. The van der Waals surface area contributed by atoms with Crippen LogP contribution in [0.2, 0.25) is 0 Å². The summed E-state index contributed by atoms with van der Waals surface area (Å²) in [4.78, 5) is 0. The van der Waals surface area contributed by atoms with Crippen molar-refractivity contribution in [1.82, 2.24) is 0 Å². The molecule has 3 atom stereocenters. The molecule has 0 fully saturated rings. The van der Waals surface area contributed by atoms with Gasteiger partial charge in [0.2, 0.25) is 0 Å². The van der Waals surface area contributed by atoms with Crippen molar-refractivity contribution in [3.63, 3.8) is 0 Å². The van der Waals surface area contributed by atoms with Gasteiger partial charge in [-0.15, -0.1) is 0 Å². The number of aliphatic hydroxyl groups is 1. The highest BCUT2D eigenvalue weighted by atomic mass is 16.3. The van der Waals surface area contributed by atoms with Crippen LogP contribution in [0.1, 0.15) is 66.7 Å². The molecule has 0 saturated heterocycles. The zero-order valence-electron chi connectivity index (χ0n) is 11.3. The van der Waals surface area contributed by atoms with Crippen molar-refractivity contribution in [1.29, 1.82) is 0 Å². The third kappa shape index (κ3) is 8.92. The van der Waals surface area contributed by atoms with Crippen LogP contribution >= 0.6 is 0 Å². The normalized spacial score (nSPS) is 17.8. The van der Waals surface area contributed by atoms with Crippen molar-refractivity contribution in [2.45, 2.75) is 72.8 Å². The van der Waals surface area contributed by atoms with E-state index in [2.05, 4.69) is 27.7 Å². The highest BCUT2D eigenvalue weighted by Gasteiger charge is 2.10. The summed E-state index contributed by atoms with van der Waals surface area (Å²) in [5.41, 5.74) is 0. The lowest BCUT2D eigenvalue weighted by Gasteiger charge is -2.17. The molecule has 0 aromatic rings. The lowest BCUT2D eigenvalue weighted by Crippen LogP contribution is -2.13. The van der Waals surface area contributed by atoms with E-state index in [4.69, 9.17) is 0 Å². The molecule has 1 N–H and O–H groups in total. The largest absolute Gasteiger partial charge is 0.393 e. The number of aliphatic hydroxyl groups excluding tert-OH is 1. The summed E-state index contributed by atoms with van der Waals surface area (Å²) in [7, 11) is 0. The predicted octanol–water partition coefficient (Wildman–Crippen LogP) is 4.25. The van der Waals surface area contributed by atoms with Crippen LogP contribution in [0.5, 0.6) is 0 Å². The standard InChI is InChI=1S/C14H30O/c1-11(2)7-6-8-12(3)9-10-13(4)14(5)15/h11-15H,6-10H2,1-5H3. The fourth-order valence-corrected chi connectivity index (χ4v) is 1.81. The third-order valence-corrected chi connectivity index (χ3v) is 3.42. The predicted molar refractivity (Wildman–Crippen MR) is 67.9 cm³/mol. The average molecular weight is 214 g/mol. The maximum absolute atomic E-state index is 9.38. The summed E-state index contributed by atoms with van der Waals surface area (Å²) in [5, 5.41) is 9.38. The second kappa shape index (κ2) is 8.15. The van der Waals surface area contributed by atoms with Gasteiger partial charge in [0.05, 0.1) is 6.10 Å². The molecule has 0 heterocycles. The minimum atomic E-state index is -0.145. The molecule has 0 aliphatic heterocycles. The lowest BCUT2D eigenvalue weighted by molar-refractivity contribution is 0.125. The van der Waals surface area contributed by atoms with E-state index in [9.17, 15) is 5.11 Å². The van der Waals surface area contributed by atoms with Crippen LogP contribution in [0.25, 0.3) is 0 Å². The molecule has 0 aliphatic rings. The van der Waals surface area contributed by atoms with Gasteiger partial charge in [-0.25, -0.2) is 0 Å². The molecule has 0 aliphatic carbocycles. The highest BCUT2D eigenvalue weighted by molar-refractivity contribution is 4.62. The number of hydrogen-bond donors (Lipinski definition) is 1. The van der Waals surface area contributed by atoms with E-state index in [-0.39, 0.29) is 6.10 Å². The molecule has 0 radical (unpaired) electrons. The van der Waals surface area contributed by atoms with Crippen LogP contribution in [0.15, 0.2) is 0 Å². The molecular weight excluding hydrogens is 184 g/mol. The van der Waals surface area contributed by atoms with Gasteiger partial charge in [0.15, 0.2) is 0 Å². The second-order valence-corrected chi connectivity index (χ2v) is 5.73. The van der Waals surface area contributed by atoms with Crippen LogP contribution in [-0.2, 0) is 0 Å². The zero-order valence-corrected chi connectivity index (χ0v) is 11.3. The van der Waals surface area contributed by atoms with E-state index >= 15 is 0 Å².